The zero-order valence-electron chi connectivity index (χ0n) is 2.47. The fraction of sp³-hybridized carbons (Fsp3) is 0.333. The second-order valence-corrected chi connectivity index (χ2v) is 0.333. The van der Waals surface area contributed by atoms with E-state index in [-0.39, 0.29) is 21.1 Å². The van der Waals surface area contributed by atoms with Crippen LogP contribution < -0.4 is 0 Å². The average Bonchev–Trinajstić information content (AvgIpc) is 0.918. The Morgan fingerprint density at radius 2 is 1.75 bits per heavy atom. The van der Waals surface area contributed by atoms with Crippen molar-refractivity contribution in [3.63, 3.8) is 0 Å². The summed E-state index contributed by atoms with van der Waals surface area (Å²) in [5.41, 5.74) is 0. The summed E-state index contributed by atoms with van der Waals surface area (Å²) < 4.78 is 0. The van der Waals surface area contributed by atoms with Gasteiger partial charge in [-0.1, -0.05) is 6.92 Å². The molecule has 0 rings (SSSR count). The molecule has 0 bridgehead atoms. The summed E-state index contributed by atoms with van der Waals surface area (Å²) in [6, 6.07) is 0. The van der Waals surface area contributed by atoms with Gasteiger partial charge in [-0.3, -0.25) is 6.08 Å². The van der Waals surface area contributed by atoms with Crippen molar-refractivity contribution in [2.75, 3.05) is 0 Å². The average molecular weight is 236 g/mol. The predicted molar refractivity (Wildman–Crippen MR) is 14.5 cm³/mol. The Balaban J connectivity index is 0. The van der Waals surface area contributed by atoms with Crippen LogP contribution in [0, 0.1) is 6.58 Å². The Hall–Kier alpha value is 0.428. The molecule has 0 saturated carbocycles. The summed E-state index contributed by atoms with van der Waals surface area (Å²) in [5, 5.41) is 0. The van der Waals surface area contributed by atoms with Crippen molar-refractivity contribution in [2.24, 2.45) is 0 Å². The molecular formula is C3H5Pt-. The number of hydrogen-bond acceptors (Lipinski definition) is 0. The third kappa shape index (κ3) is 27.0. The SMILES string of the molecule is [CH-]=CC.[Pt]. The van der Waals surface area contributed by atoms with E-state index in [1.54, 1.807) is 6.92 Å². The van der Waals surface area contributed by atoms with Gasteiger partial charge in [0, 0.05) is 21.1 Å². The van der Waals surface area contributed by atoms with E-state index in [1.807, 2.05) is 0 Å². The first kappa shape index (κ1) is 8.83. The zero-order valence-corrected chi connectivity index (χ0v) is 4.74. The van der Waals surface area contributed by atoms with E-state index < -0.39 is 0 Å². The third-order valence-electron chi connectivity index (χ3n) is 0. The molecule has 0 heterocycles. The molecule has 0 atom stereocenters. The van der Waals surface area contributed by atoms with Gasteiger partial charge in [-0.2, -0.15) is 0 Å². The molecule has 0 unspecified atom stereocenters. The fourth-order valence-electron chi connectivity index (χ4n) is 0. The molecule has 1 heteroatoms. The Morgan fingerprint density at radius 3 is 1.75 bits per heavy atom. The predicted octanol–water partition coefficient (Wildman–Crippen LogP) is 0.993. The molecule has 0 amide bonds. The molecule has 0 fully saturated rings. The molecule has 0 aliphatic rings. The van der Waals surface area contributed by atoms with Crippen LogP contribution in [0.2, 0.25) is 0 Å². The van der Waals surface area contributed by atoms with Crippen LogP contribution in [-0.4, -0.2) is 0 Å². The van der Waals surface area contributed by atoms with Crippen molar-refractivity contribution in [1.82, 2.24) is 0 Å². The fourth-order valence-corrected chi connectivity index (χ4v) is 0. The summed E-state index contributed by atoms with van der Waals surface area (Å²) >= 11 is 0. The van der Waals surface area contributed by atoms with Crippen molar-refractivity contribution in [1.29, 1.82) is 0 Å². The summed E-state index contributed by atoms with van der Waals surface area (Å²) in [6.07, 6.45) is 1.50. The van der Waals surface area contributed by atoms with E-state index in [2.05, 4.69) is 0 Å². The van der Waals surface area contributed by atoms with Gasteiger partial charge < -0.3 is 6.58 Å². The van der Waals surface area contributed by atoms with Crippen LogP contribution in [0.15, 0.2) is 6.08 Å². The molecule has 28 valence electrons. The van der Waals surface area contributed by atoms with Gasteiger partial charge >= 0.3 is 0 Å². The molecule has 0 aliphatic heterocycles. The van der Waals surface area contributed by atoms with Gasteiger partial charge in [0.2, 0.25) is 0 Å². The largest absolute Gasteiger partial charge is 0.518 e. The maximum atomic E-state index is 4.72. The van der Waals surface area contributed by atoms with Crippen LogP contribution in [-0.2, 0) is 21.1 Å². The van der Waals surface area contributed by atoms with Crippen molar-refractivity contribution in [3.8, 4) is 0 Å². The summed E-state index contributed by atoms with van der Waals surface area (Å²) in [6.45, 7) is 6.50. The summed E-state index contributed by atoms with van der Waals surface area (Å²) in [4.78, 5) is 0. The van der Waals surface area contributed by atoms with Crippen LogP contribution in [0.1, 0.15) is 6.92 Å². The van der Waals surface area contributed by atoms with Crippen molar-refractivity contribution >= 4 is 0 Å². The molecule has 0 saturated heterocycles. The minimum atomic E-state index is 0. The molecule has 0 nitrogen and oxygen atoms in total. The van der Waals surface area contributed by atoms with Gasteiger partial charge in [-0.05, 0) is 0 Å². The maximum absolute atomic E-state index is 4.72. The first-order valence-electron chi connectivity index (χ1n) is 0.911. The normalized spacial score (nSPS) is 3.25. The quantitative estimate of drug-likeness (QED) is 0.550. The van der Waals surface area contributed by atoms with Crippen LogP contribution in [0.25, 0.3) is 0 Å². The molecule has 4 heavy (non-hydrogen) atoms. The topological polar surface area (TPSA) is 0 Å². The molecular weight excluding hydrogens is 231 g/mol. The number of hydrogen-bond donors (Lipinski definition) is 0. The minimum Gasteiger partial charge on any atom is -0.518 e. The molecule has 0 radical (unpaired) electrons. The molecule has 0 spiro atoms. The van der Waals surface area contributed by atoms with Crippen molar-refractivity contribution in [2.45, 2.75) is 6.92 Å². The Bertz CT molecular complexity index is 10.8. The smallest absolute Gasteiger partial charge is 0 e. The number of allylic oxidation sites excluding steroid dienone is 1. The maximum Gasteiger partial charge on any atom is 0 e. The van der Waals surface area contributed by atoms with Crippen LogP contribution in [0.3, 0.4) is 0 Å². The van der Waals surface area contributed by atoms with E-state index in [0.717, 1.165) is 0 Å². The van der Waals surface area contributed by atoms with Crippen molar-refractivity contribution in [3.05, 3.63) is 12.7 Å². The van der Waals surface area contributed by atoms with E-state index in [0.29, 0.717) is 0 Å². The standard InChI is InChI=1S/C3H5.Pt/c1-3-2;/h1,3H,2H3;/q-1;. The Kier molecular flexibility index (Phi) is 21.9. The molecule has 0 aromatic heterocycles. The van der Waals surface area contributed by atoms with Gasteiger partial charge in [0.25, 0.3) is 0 Å². The van der Waals surface area contributed by atoms with Gasteiger partial charge in [-0.15, -0.1) is 0 Å². The van der Waals surface area contributed by atoms with Crippen LogP contribution >= 0.6 is 0 Å². The minimum absolute atomic E-state index is 0. The molecule has 0 aromatic rings. The van der Waals surface area contributed by atoms with Gasteiger partial charge in [0.1, 0.15) is 0 Å². The summed E-state index contributed by atoms with van der Waals surface area (Å²) in [7, 11) is 0. The van der Waals surface area contributed by atoms with E-state index in [4.69, 9.17) is 6.58 Å². The van der Waals surface area contributed by atoms with Crippen LogP contribution in [0.5, 0.6) is 0 Å². The van der Waals surface area contributed by atoms with Gasteiger partial charge in [0.15, 0.2) is 0 Å². The van der Waals surface area contributed by atoms with E-state index in [9.17, 15) is 0 Å². The van der Waals surface area contributed by atoms with Gasteiger partial charge in [-0.25, -0.2) is 0 Å². The Labute approximate surface area is 41.2 Å². The number of rotatable bonds is 0. The second-order valence-electron chi connectivity index (χ2n) is 0.333. The second kappa shape index (κ2) is 9.91. The first-order valence-corrected chi connectivity index (χ1v) is 0.911. The molecule has 0 aromatic carbocycles. The molecule has 0 N–H and O–H groups in total. The van der Waals surface area contributed by atoms with E-state index >= 15 is 0 Å². The van der Waals surface area contributed by atoms with Crippen molar-refractivity contribution < 1.29 is 21.1 Å². The summed E-state index contributed by atoms with van der Waals surface area (Å²) in [5.74, 6) is 0. The first-order chi connectivity index (χ1) is 1.41. The zero-order chi connectivity index (χ0) is 2.71. The molecule has 0 aliphatic carbocycles. The van der Waals surface area contributed by atoms with Gasteiger partial charge in [0.05, 0.1) is 0 Å². The van der Waals surface area contributed by atoms with Crippen LogP contribution in [0.4, 0.5) is 0 Å². The monoisotopic (exact) mass is 236 g/mol. The van der Waals surface area contributed by atoms with E-state index in [1.165, 1.54) is 6.08 Å². The Morgan fingerprint density at radius 1 is 1.75 bits per heavy atom. The third-order valence-corrected chi connectivity index (χ3v) is 0.